The van der Waals surface area contributed by atoms with Gasteiger partial charge in [-0.2, -0.15) is 0 Å². The van der Waals surface area contributed by atoms with Crippen molar-refractivity contribution in [2.75, 3.05) is 13.1 Å². The summed E-state index contributed by atoms with van der Waals surface area (Å²) >= 11 is 5.78. The number of benzene rings is 2. The Kier molecular flexibility index (Phi) is 5.53. The molecule has 5 rings (SSSR count). The Balaban J connectivity index is 1.48. The van der Waals surface area contributed by atoms with Crippen molar-refractivity contribution >= 4 is 23.1 Å². The summed E-state index contributed by atoms with van der Waals surface area (Å²) in [4.78, 5) is 14.7. The molecule has 32 heavy (non-hydrogen) atoms. The standard InChI is InChI=1S/C26H26N4OS/c1-18(29-15-12-20(13-16-29)19-8-4-2-5-9-19)24(21-10-6-3-7-11-21)30-17-14-22-23(26(30)32)25(31)28-27-22/h2-11,14,17,20,24H,1,12-13,15-16H2,(H2,27,28,31). The number of fused-ring (bicyclic) bond motifs is 1. The number of pyridine rings is 1. The molecule has 1 atom stereocenters. The first-order chi connectivity index (χ1) is 15.6. The van der Waals surface area contributed by atoms with E-state index in [0.717, 1.165) is 42.7 Å². The lowest BCUT2D eigenvalue weighted by atomic mass is 9.88. The lowest BCUT2D eigenvalue weighted by Crippen LogP contribution is -2.35. The third kappa shape index (κ3) is 3.71. The second-order valence-electron chi connectivity index (χ2n) is 8.37. The number of allylic oxidation sites excluding steroid dienone is 1. The maximum atomic E-state index is 12.4. The average Bonchev–Trinajstić information content (AvgIpc) is 3.23. The lowest BCUT2D eigenvalue weighted by Gasteiger charge is -2.38. The fraction of sp³-hybridized carbons (Fsp3) is 0.231. The Bertz CT molecular complexity index is 1350. The van der Waals surface area contributed by atoms with Crippen LogP contribution in [0.1, 0.15) is 35.9 Å². The maximum Gasteiger partial charge on any atom is 0.274 e. The molecule has 1 saturated heterocycles. The summed E-state index contributed by atoms with van der Waals surface area (Å²) < 4.78 is 2.51. The smallest absolute Gasteiger partial charge is 0.274 e. The second kappa shape index (κ2) is 8.63. The molecule has 5 nitrogen and oxygen atoms in total. The molecule has 1 fully saturated rings. The van der Waals surface area contributed by atoms with Gasteiger partial charge in [-0.1, -0.05) is 79.5 Å². The molecule has 2 aromatic carbocycles. The first-order valence-electron chi connectivity index (χ1n) is 11.0. The minimum Gasteiger partial charge on any atom is -0.373 e. The van der Waals surface area contributed by atoms with Crippen LogP contribution in [0.5, 0.6) is 0 Å². The van der Waals surface area contributed by atoms with Gasteiger partial charge < -0.3 is 9.47 Å². The highest BCUT2D eigenvalue weighted by Gasteiger charge is 2.27. The SMILES string of the molecule is C=C(C(c1ccccc1)n1ccc2[nH][nH]c(=O)c2c1=S)N1CCC(c2ccccc2)CC1. The number of piperidine rings is 1. The number of likely N-dealkylation sites (tertiary alicyclic amines) is 1. The van der Waals surface area contributed by atoms with E-state index in [1.807, 2.05) is 35.0 Å². The fourth-order valence-corrected chi connectivity index (χ4v) is 5.18. The maximum absolute atomic E-state index is 12.4. The van der Waals surface area contributed by atoms with Crippen LogP contribution in [0, 0.1) is 4.64 Å². The first kappa shape index (κ1) is 20.5. The van der Waals surface area contributed by atoms with Crippen molar-refractivity contribution < 1.29 is 0 Å². The second-order valence-corrected chi connectivity index (χ2v) is 8.76. The molecule has 0 saturated carbocycles. The van der Waals surface area contributed by atoms with E-state index >= 15 is 0 Å². The third-order valence-electron chi connectivity index (χ3n) is 6.54. The van der Waals surface area contributed by atoms with Gasteiger partial charge in [-0.3, -0.25) is 15.0 Å². The van der Waals surface area contributed by atoms with E-state index < -0.39 is 0 Å². The molecule has 162 valence electrons. The highest BCUT2D eigenvalue weighted by Crippen LogP contribution is 2.34. The van der Waals surface area contributed by atoms with Gasteiger partial charge in [-0.25, -0.2) is 0 Å². The van der Waals surface area contributed by atoms with Crippen LogP contribution in [0.15, 0.2) is 90.0 Å². The summed E-state index contributed by atoms with van der Waals surface area (Å²) in [6.07, 6.45) is 4.13. The van der Waals surface area contributed by atoms with Gasteiger partial charge in [0, 0.05) is 25.0 Å². The molecular formula is C26H26N4OS. The van der Waals surface area contributed by atoms with E-state index in [1.54, 1.807) is 0 Å². The number of H-pyrrole nitrogens is 2. The van der Waals surface area contributed by atoms with Crippen LogP contribution in [-0.4, -0.2) is 32.8 Å². The van der Waals surface area contributed by atoms with Gasteiger partial charge in [-0.05, 0) is 36.0 Å². The molecule has 1 aliphatic heterocycles. The fourth-order valence-electron chi connectivity index (χ4n) is 4.81. The predicted molar refractivity (Wildman–Crippen MR) is 131 cm³/mol. The Morgan fingerprint density at radius 2 is 1.62 bits per heavy atom. The lowest BCUT2D eigenvalue weighted by molar-refractivity contribution is 0.245. The summed E-state index contributed by atoms with van der Waals surface area (Å²) in [5.74, 6) is 0.576. The van der Waals surface area contributed by atoms with Crippen LogP contribution in [-0.2, 0) is 0 Å². The van der Waals surface area contributed by atoms with E-state index in [0.29, 0.717) is 15.9 Å². The monoisotopic (exact) mass is 442 g/mol. The van der Waals surface area contributed by atoms with Gasteiger partial charge in [0.25, 0.3) is 5.56 Å². The Hall–Kier alpha value is -3.38. The quantitative estimate of drug-likeness (QED) is 0.409. The number of hydrogen-bond acceptors (Lipinski definition) is 3. The van der Waals surface area contributed by atoms with Crippen LogP contribution < -0.4 is 5.56 Å². The molecule has 1 aliphatic rings. The molecule has 3 heterocycles. The van der Waals surface area contributed by atoms with Crippen molar-refractivity contribution in [2.45, 2.75) is 24.8 Å². The molecule has 2 aromatic heterocycles. The Morgan fingerprint density at radius 1 is 0.969 bits per heavy atom. The Labute approximate surface area is 192 Å². The van der Waals surface area contributed by atoms with Crippen LogP contribution in [0.3, 0.4) is 0 Å². The van der Waals surface area contributed by atoms with Crippen molar-refractivity contribution in [1.82, 2.24) is 19.7 Å². The normalized spacial score (nSPS) is 15.7. The van der Waals surface area contributed by atoms with Crippen LogP contribution >= 0.6 is 12.2 Å². The van der Waals surface area contributed by atoms with Gasteiger partial charge in [0.2, 0.25) is 0 Å². The van der Waals surface area contributed by atoms with Crippen molar-refractivity contribution in [1.29, 1.82) is 0 Å². The predicted octanol–water partition coefficient (Wildman–Crippen LogP) is 5.37. The van der Waals surface area contributed by atoms with Crippen molar-refractivity contribution in [3.63, 3.8) is 0 Å². The first-order valence-corrected chi connectivity index (χ1v) is 11.4. The van der Waals surface area contributed by atoms with Crippen LogP contribution in [0.2, 0.25) is 0 Å². The molecule has 4 aromatic rings. The molecule has 0 radical (unpaired) electrons. The molecule has 0 aliphatic carbocycles. The molecule has 0 bridgehead atoms. The van der Waals surface area contributed by atoms with E-state index in [9.17, 15) is 4.79 Å². The van der Waals surface area contributed by atoms with Crippen LogP contribution in [0.25, 0.3) is 10.9 Å². The van der Waals surface area contributed by atoms with Crippen LogP contribution in [0.4, 0.5) is 0 Å². The zero-order valence-corrected chi connectivity index (χ0v) is 18.6. The van der Waals surface area contributed by atoms with E-state index in [4.69, 9.17) is 12.2 Å². The zero-order chi connectivity index (χ0) is 22.1. The van der Waals surface area contributed by atoms with Crippen molar-refractivity contribution in [3.8, 4) is 0 Å². The molecule has 0 spiro atoms. The van der Waals surface area contributed by atoms with E-state index in [1.165, 1.54) is 5.56 Å². The summed E-state index contributed by atoms with van der Waals surface area (Å²) in [6, 6.07) is 22.7. The van der Waals surface area contributed by atoms with Crippen molar-refractivity contribution in [2.24, 2.45) is 0 Å². The minimum absolute atomic E-state index is 0.171. The van der Waals surface area contributed by atoms with Gasteiger partial charge in [0.05, 0.1) is 11.6 Å². The van der Waals surface area contributed by atoms with E-state index in [-0.39, 0.29) is 11.6 Å². The van der Waals surface area contributed by atoms with Crippen molar-refractivity contribution in [3.05, 3.63) is 111 Å². The topological polar surface area (TPSA) is 56.8 Å². The zero-order valence-electron chi connectivity index (χ0n) is 17.8. The molecule has 1 unspecified atom stereocenters. The van der Waals surface area contributed by atoms with Gasteiger partial charge in [-0.15, -0.1) is 0 Å². The minimum atomic E-state index is -0.194. The molecule has 0 amide bonds. The summed E-state index contributed by atoms with van der Waals surface area (Å²) in [6.45, 7) is 6.42. The number of aromatic nitrogens is 3. The largest absolute Gasteiger partial charge is 0.373 e. The summed E-state index contributed by atoms with van der Waals surface area (Å²) in [7, 11) is 0. The Morgan fingerprint density at radius 3 is 2.31 bits per heavy atom. The molecule has 6 heteroatoms. The highest BCUT2D eigenvalue weighted by atomic mass is 32.1. The number of nitrogens with one attached hydrogen (secondary N) is 2. The molecular weight excluding hydrogens is 416 g/mol. The average molecular weight is 443 g/mol. The summed E-state index contributed by atoms with van der Waals surface area (Å²) in [5.41, 5.74) is 4.05. The number of hydrogen-bond donors (Lipinski definition) is 2. The summed E-state index contributed by atoms with van der Waals surface area (Å²) in [5, 5.41) is 6.05. The van der Waals surface area contributed by atoms with Gasteiger partial charge in [0.1, 0.15) is 10.0 Å². The molecule has 2 N–H and O–H groups in total. The number of rotatable bonds is 5. The van der Waals surface area contributed by atoms with E-state index in [2.05, 4.69) is 64.1 Å². The van der Waals surface area contributed by atoms with Gasteiger partial charge in [0.15, 0.2) is 0 Å². The number of aromatic amines is 2. The third-order valence-corrected chi connectivity index (χ3v) is 6.95. The van der Waals surface area contributed by atoms with Gasteiger partial charge >= 0.3 is 0 Å². The highest BCUT2D eigenvalue weighted by molar-refractivity contribution is 7.71. The number of nitrogens with zero attached hydrogens (tertiary/aromatic N) is 2.